The predicted molar refractivity (Wildman–Crippen MR) is 50.5 cm³/mol. The van der Waals surface area contributed by atoms with Gasteiger partial charge in [-0.1, -0.05) is 6.92 Å². The average molecular weight is 241 g/mol. The fourth-order valence-corrected chi connectivity index (χ4v) is 1.85. The van der Waals surface area contributed by atoms with Gasteiger partial charge in [0.15, 0.2) is 0 Å². The summed E-state index contributed by atoms with van der Waals surface area (Å²) < 4.78 is 49.2. The van der Waals surface area contributed by atoms with E-state index in [1.54, 1.807) is 6.92 Å². The van der Waals surface area contributed by atoms with Gasteiger partial charge in [-0.2, -0.15) is 13.2 Å². The minimum atomic E-state index is -4.85. The van der Waals surface area contributed by atoms with Crippen LogP contribution in [-0.2, 0) is 4.79 Å². The van der Waals surface area contributed by atoms with Gasteiger partial charge in [0, 0.05) is 6.04 Å². The Bertz CT molecular complexity index is 242. The second-order valence-corrected chi connectivity index (χ2v) is 4.32. The predicted octanol–water partition coefficient (Wildman–Crippen LogP) is 2.58. The van der Waals surface area contributed by atoms with Gasteiger partial charge in [0.05, 0.1) is 0 Å². The summed E-state index contributed by atoms with van der Waals surface area (Å²) in [7, 11) is 0. The topological polar surface area (TPSA) is 29.1 Å². The number of alkyl halides is 4. The summed E-state index contributed by atoms with van der Waals surface area (Å²) >= 11 is 0. The molecule has 2 nitrogen and oxygen atoms in total. The molecule has 1 saturated carbocycles. The first kappa shape index (κ1) is 13.3. The molecule has 3 atom stereocenters. The van der Waals surface area contributed by atoms with Crippen molar-refractivity contribution in [2.75, 3.05) is 0 Å². The van der Waals surface area contributed by atoms with Crippen molar-refractivity contribution < 1.29 is 22.4 Å². The van der Waals surface area contributed by atoms with Crippen LogP contribution in [0.3, 0.4) is 0 Å². The smallest absolute Gasteiger partial charge is 0.346 e. The SMILES string of the molecule is CC1CC[C@@H](NC(=O)C(F)(F)F)CC[C@H]1F. The molecule has 0 spiro atoms. The van der Waals surface area contributed by atoms with Gasteiger partial charge in [-0.05, 0) is 31.6 Å². The van der Waals surface area contributed by atoms with Crippen molar-refractivity contribution in [1.29, 1.82) is 0 Å². The van der Waals surface area contributed by atoms with Gasteiger partial charge in [-0.25, -0.2) is 4.39 Å². The van der Waals surface area contributed by atoms with Crippen molar-refractivity contribution in [3.63, 3.8) is 0 Å². The molecule has 0 aromatic rings. The molecule has 0 aromatic heterocycles. The molecule has 94 valence electrons. The normalized spacial score (nSPS) is 31.9. The molecule has 0 bridgehead atoms. The lowest BCUT2D eigenvalue weighted by Gasteiger charge is -2.17. The second kappa shape index (κ2) is 5.01. The number of amides is 1. The summed E-state index contributed by atoms with van der Waals surface area (Å²) in [5, 5.41) is 1.91. The van der Waals surface area contributed by atoms with Crippen molar-refractivity contribution in [3.8, 4) is 0 Å². The van der Waals surface area contributed by atoms with Crippen molar-refractivity contribution >= 4 is 5.91 Å². The third-order valence-electron chi connectivity index (χ3n) is 2.97. The molecule has 1 fully saturated rings. The quantitative estimate of drug-likeness (QED) is 0.555. The van der Waals surface area contributed by atoms with E-state index in [2.05, 4.69) is 0 Å². The molecule has 1 N–H and O–H groups in total. The Kier molecular flexibility index (Phi) is 4.15. The van der Waals surface area contributed by atoms with Crippen LogP contribution in [0.1, 0.15) is 32.6 Å². The average Bonchev–Trinajstić information content (AvgIpc) is 2.32. The fraction of sp³-hybridized carbons (Fsp3) is 0.900. The molecule has 1 aliphatic rings. The first-order valence-corrected chi connectivity index (χ1v) is 5.32. The minimum Gasteiger partial charge on any atom is -0.346 e. The fourth-order valence-electron chi connectivity index (χ4n) is 1.85. The summed E-state index contributed by atoms with van der Waals surface area (Å²) in [6.07, 6.45) is -4.44. The van der Waals surface area contributed by atoms with E-state index in [1.165, 1.54) is 0 Å². The molecule has 1 rings (SSSR count). The molecular weight excluding hydrogens is 226 g/mol. The first-order chi connectivity index (χ1) is 7.30. The van der Waals surface area contributed by atoms with E-state index < -0.39 is 24.3 Å². The van der Waals surface area contributed by atoms with Crippen LogP contribution in [-0.4, -0.2) is 24.3 Å². The first-order valence-electron chi connectivity index (χ1n) is 5.32. The molecule has 1 amide bonds. The van der Waals surface area contributed by atoms with Crippen molar-refractivity contribution in [2.24, 2.45) is 5.92 Å². The maximum atomic E-state index is 13.2. The number of halogens is 4. The lowest BCUT2D eigenvalue weighted by molar-refractivity contribution is -0.174. The number of carbonyl (C=O) groups excluding carboxylic acids is 1. The summed E-state index contributed by atoms with van der Waals surface area (Å²) in [6.45, 7) is 1.73. The number of hydrogen-bond acceptors (Lipinski definition) is 1. The Balaban J connectivity index is 2.47. The molecule has 0 heterocycles. The molecule has 0 aliphatic heterocycles. The van der Waals surface area contributed by atoms with Gasteiger partial charge in [-0.15, -0.1) is 0 Å². The van der Waals surface area contributed by atoms with E-state index >= 15 is 0 Å². The highest BCUT2D eigenvalue weighted by atomic mass is 19.4. The Hall–Kier alpha value is -0.810. The molecule has 0 aromatic carbocycles. The molecular formula is C10H15F4NO. The highest BCUT2D eigenvalue weighted by Gasteiger charge is 2.40. The van der Waals surface area contributed by atoms with E-state index in [-0.39, 0.29) is 18.8 Å². The lowest BCUT2D eigenvalue weighted by Crippen LogP contribution is -2.42. The minimum absolute atomic E-state index is 0.146. The largest absolute Gasteiger partial charge is 0.471 e. The highest BCUT2D eigenvalue weighted by molar-refractivity contribution is 5.81. The standard InChI is InChI=1S/C10H15F4NO/c1-6-2-3-7(4-5-8(6)11)15-9(16)10(12,13)14/h6-8H,2-5H2,1H3,(H,15,16)/t6?,7-,8-/m1/s1. The van der Waals surface area contributed by atoms with Gasteiger partial charge >= 0.3 is 12.1 Å². The number of rotatable bonds is 1. The van der Waals surface area contributed by atoms with E-state index in [0.717, 1.165) is 0 Å². The molecule has 1 aliphatic carbocycles. The van der Waals surface area contributed by atoms with Gasteiger partial charge in [0.2, 0.25) is 0 Å². The van der Waals surface area contributed by atoms with Gasteiger partial charge in [0.25, 0.3) is 0 Å². The number of carbonyl (C=O) groups is 1. The zero-order chi connectivity index (χ0) is 12.3. The summed E-state index contributed by atoms with van der Waals surface area (Å²) in [5.41, 5.74) is 0. The summed E-state index contributed by atoms with van der Waals surface area (Å²) in [4.78, 5) is 10.7. The summed E-state index contributed by atoms with van der Waals surface area (Å²) in [5.74, 6) is -2.07. The monoisotopic (exact) mass is 241 g/mol. The van der Waals surface area contributed by atoms with E-state index in [4.69, 9.17) is 0 Å². The van der Waals surface area contributed by atoms with Crippen LogP contribution in [0.5, 0.6) is 0 Å². The third-order valence-corrected chi connectivity index (χ3v) is 2.97. The van der Waals surface area contributed by atoms with Gasteiger partial charge in [-0.3, -0.25) is 4.79 Å². The second-order valence-electron chi connectivity index (χ2n) is 4.32. The maximum absolute atomic E-state index is 13.2. The van der Waals surface area contributed by atoms with Crippen LogP contribution < -0.4 is 5.32 Å². The van der Waals surface area contributed by atoms with E-state index in [9.17, 15) is 22.4 Å². The summed E-state index contributed by atoms with van der Waals surface area (Å²) in [6, 6.07) is -0.558. The Labute approximate surface area is 91.4 Å². The van der Waals surface area contributed by atoms with Crippen molar-refractivity contribution in [1.82, 2.24) is 5.32 Å². The van der Waals surface area contributed by atoms with Crippen LogP contribution >= 0.6 is 0 Å². The maximum Gasteiger partial charge on any atom is 0.471 e. The highest BCUT2D eigenvalue weighted by Crippen LogP contribution is 2.26. The molecule has 0 radical (unpaired) electrons. The molecule has 0 saturated heterocycles. The third kappa shape index (κ3) is 3.64. The lowest BCUT2D eigenvalue weighted by atomic mass is 10.0. The van der Waals surface area contributed by atoms with Crippen LogP contribution in [0.15, 0.2) is 0 Å². The Morgan fingerprint density at radius 1 is 1.19 bits per heavy atom. The van der Waals surface area contributed by atoms with Crippen molar-refractivity contribution in [2.45, 2.75) is 51.0 Å². The van der Waals surface area contributed by atoms with Crippen LogP contribution in [0.4, 0.5) is 17.6 Å². The molecule has 16 heavy (non-hydrogen) atoms. The van der Waals surface area contributed by atoms with Gasteiger partial charge < -0.3 is 5.32 Å². The van der Waals surface area contributed by atoms with Gasteiger partial charge in [0.1, 0.15) is 6.17 Å². The molecule has 1 unspecified atom stereocenters. The van der Waals surface area contributed by atoms with Crippen LogP contribution in [0, 0.1) is 5.92 Å². The zero-order valence-corrected chi connectivity index (χ0v) is 8.98. The van der Waals surface area contributed by atoms with E-state index in [1.807, 2.05) is 5.32 Å². The Morgan fingerprint density at radius 3 is 2.31 bits per heavy atom. The molecule has 6 heteroatoms. The number of hydrogen-bond donors (Lipinski definition) is 1. The van der Waals surface area contributed by atoms with E-state index in [0.29, 0.717) is 12.8 Å². The van der Waals surface area contributed by atoms with Crippen molar-refractivity contribution in [3.05, 3.63) is 0 Å². The number of nitrogens with one attached hydrogen (secondary N) is 1. The Morgan fingerprint density at radius 2 is 1.75 bits per heavy atom. The van der Waals surface area contributed by atoms with Crippen LogP contribution in [0.2, 0.25) is 0 Å². The zero-order valence-electron chi connectivity index (χ0n) is 8.98. The van der Waals surface area contributed by atoms with Crippen LogP contribution in [0.25, 0.3) is 0 Å².